The standard InChI is InChI=1S/C24H24N4O6S2/c1-16(2)36(30,31)24-27-23(35-28-24)26-22(29)18(15-25)14-17-4-6-20(7-5-17)33-12-13-34-21-10-8-19(32-3)9-11-21/h4-11,14,16H,12-13H2,1-3H3,(H,26,27,28,29). The molecule has 0 saturated heterocycles. The second-order valence-corrected chi connectivity index (χ2v) is 10.7. The Morgan fingerprint density at radius 3 is 2.14 bits per heavy atom. The number of nitrogens with zero attached hydrogens (tertiary/aromatic N) is 3. The molecule has 36 heavy (non-hydrogen) atoms. The Balaban J connectivity index is 1.54. The van der Waals surface area contributed by atoms with E-state index in [-0.39, 0.29) is 15.9 Å². The van der Waals surface area contributed by atoms with Gasteiger partial charge in [-0.25, -0.2) is 8.42 Å². The highest BCUT2D eigenvalue weighted by Gasteiger charge is 2.25. The Morgan fingerprint density at radius 1 is 1.06 bits per heavy atom. The molecule has 0 atom stereocenters. The van der Waals surface area contributed by atoms with E-state index in [9.17, 15) is 18.5 Å². The third kappa shape index (κ3) is 7.03. The summed E-state index contributed by atoms with van der Waals surface area (Å²) < 4.78 is 44.4. The first-order valence-corrected chi connectivity index (χ1v) is 13.1. The number of amides is 1. The molecule has 0 radical (unpaired) electrons. The lowest BCUT2D eigenvalue weighted by atomic mass is 10.1. The quantitative estimate of drug-likeness (QED) is 0.224. The van der Waals surface area contributed by atoms with Crippen LogP contribution in [0, 0.1) is 11.3 Å². The average Bonchev–Trinajstić information content (AvgIpc) is 3.35. The van der Waals surface area contributed by atoms with Crippen molar-refractivity contribution in [3.63, 3.8) is 0 Å². The zero-order valence-electron chi connectivity index (χ0n) is 19.8. The fraction of sp³-hybridized carbons (Fsp3) is 0.250. The van der Waals surface area contributed by atoms with Crippen molar-refractivity contribution in [1.29, 1.82) is 5.26 Å². The molecule has 0 aliphatic carbocycles. The van der Waals surface area contributed by atoms with Crippen LogP contribution in [-0.2, 0) is 14.6 Å². The second-order valence-electron chi connectivity index (χ2n) is 7.54. The minimum atomic E-state index is -3.66. The van der Waals surface area contributed by atoms with E-state index in [1.54, 1.807) is 55.6 Å². The number of hydrogen-bond donors (Lipinski definition) is 1. The van der Waals surface area contributed by atoms with Gasteiger partial charge in [-0.05, 0) is 61.9 Å². The average molecular weight is 529 g/mol. The van der Waals surface area contributed by atoms with Gasteiger partial charge in [-0.3, -0.25) is 10.1 Å². The molecule has 3 aromatic rings. The van der Waals surface area contributed by atoms with Gasteiger partial charge in [-0.15, -0.1) is 0 Å². The lowest BCUT2D eigenvalue weighted by Crippen LogP contribution is -2.16. The summed E-state index contributed by atoms with van der Waals surface area (Å²) in [5, 5.41) is 10.8. The zero-order valence-corrected chi connectivity index (χ0v) is 21.4. The number of rotatable bonds is 11. The van der Waals surface area contributed by atoms with Crippen LogP contribution >= 0.6 is 11.5 Å². The number of nitriles is 1. The number of methoxy groups -OCH3 is 1. The topological polar surface area (TPSA) is 140 Å². The van der Waals surface area contributed by atoms with Gasteiger partial charge in [0.1, 0.15) is 42.1 Å². The molecule has 1 amide bonds. The molecule has 0 spiro atoms. The van der Waals surface area contributed by atoms with Gasteiger partial charge in [0, 0.05) is 11.5 Å². The number of anilines is 1. The Morgan fingerprint density at radius 2 is 1.61 bits per heavy atom. The van der Waals surface area contributed by atoms with Gasteiger partial charge in [-0.1, -0.05) is 12.1 Å². The van der Waals surface area contributed by atoms with E-state index >= 15 is 0 Å². The van der Waals surface area contributed by atoms with Crippen LogP contribution in [0.1, 0.15) is 19.4 Å². The van der Waals surface area contributed by atoms with Crippen LogP contribution in [0.15, 0.2) is 59.3 Å². The molecule has 0 aliphatic rings. The molecule has 10 nitrogen and oxygen atoms in total. The molecule has 1 aromatic heterocycles. The number of nitrogens with one attached hydrogen (secondary N) is 1. The maximum atomic E-state index is 12.5. The van der Waals surface area contributed by atoms with Crippen molar-refractivity contribution >= 4 is 38.5 Å². The normalized spacial score (nSPS) is 11.6. The summed E-state index contributed by atoms with van der Waals surface area (Å²) >= 11 is 0.727. The van der Waals surface area contributed by atoms with Crippen molar-refractivity contribution in [3.8, 4) is 23.3 Å². The Hall–Kier alpha value is -3.95. The molecule has 188 valence electrons. The Kier molecular flexibility index (Phi) is 8.99. The monoisotopic (exact) mass is 528 g/mol. The van der Waals surface area contributed by atoms with Crippen molar-refractivity contribution in [2.75, 3.05) is 25.6 Å². The lowest BCUT2D eigenvalue weighted by molar-refractivity contribution is -0.112. The predicted octanol–water partition coefficient (Wildman–Crippen LogP) is 3.73. The van der Waals surface area contributed by atoms with E-state index in [1.807, 2.05) is 6.07 Å². The molecule has 0 unspecified atom stereocenters. The maximum Gasteiger partial charge on any atom is 0.268 e. The summed E-state index contributed by atoms with van der Waals surface area (Å²) in [6.45, 7) is 3.69. The van der Waals surface area contributed by atoms with Crippen LogP contribution in [0.5, 0.6) is 17.2 Å². The number of carbonyl (C=O) groups is 1. The number of aromatic nitrogens is 2. The van der Waals surface area contributed by atoms with E-state index in [4.69, 9.17) is 14.2 Å². The predicted molar refractivity (Wildman–Crippen MR) is 135 cm³/mol. The third-order valence-corrected chi connectivity index (χ3v) is 7.42. The number of hydrogen-bond acceptors (Lipinski definition) is 10. The van der Waals surface area contributed by atoms with E-state index in [0.29, 0.717) is 30.3 Å². The molecule has 0 saturated carbocycles. The van der Waals surface area contributed by atoms with Crippen LogP contribution in [0.25, 0.3) is 6.08 Å². The molecular formula is C24H24N4O6S2. The van der Waals surface area contributed by atoms with Crippen molar-refractivity contribution in [1.82, 2.24) is 9.36 Å². The molecule has 3 rings (SSSR count). The number of benzene rings is 2. The van der Waals surface area contributed by atoms with Gasteiger partial charge in [0.15, 0.2) is 0 Å². The maximum absolute atomic E-state index is 12.5. The van der Waals surface area contributed by atoms with Gasteiger partial charge in [0.05, 0.1) is 12.4 Å². The van der Waals surface area contributed by atoms with Crippen LogP contribution in [0.3, 0.4) is 0 Å². The van der Waals surface area contributed by atoms with Crippen molar-refractivity contribution < 1.29 is 27.4 Å². The molecule has 0 aliphatic heterocycles. The lowest BCUT2D eigenvalue weighted by Gasteiger charge is -2.09. The second kappa shape index (κ2) is 12.1. The first-order chi connectivity index (χ1) is 17.2. The molecule has 12 heteroatoms. The van der Waals surface area contributed by atoms with Crippen LogP contribution in [0.4, 0.5) is 5.13 Å². The summed E-state index contributed by atoms with van der Waals surface area (Å²) in [6.07, 6.45) is 1.40. The highest BCUT2D eigenvalue weighted by molar-refractivity contribution is 7.91. The summed E-state index contributed by atoms with van der Waals surface area (Å²) in [7, 11) is -2.07. The van der Waals surface area contributed by atoms with Gasteiger partial charge in [0.2, 0.25) is 15.0 Å². The van der Waals surface area contributed by atoms with Crippen LogP contribution in [0.2, 0.25) is 0 Å². The van der Waals surface area contributed by atoms with Crippen molar-refractivity contribution in [3.05, 3.63) is 59.7 Å². The SMILES string of the molecule is COc1ccc(OCCOc2ccc(C=C(C#N)C(=O)Nc3nc(S(=O)(=O)C(C)C)ns3)cc2)cc1. The molecule has 0 bridgehead atoms. The summed E-state index contributed by atoms with van der Waals surface area (Å²) in [5.74, 6) is 1.32. The van der Waals surface area contributed by atoms with Gasteiger partial charge >= 0.3 is 0 Å². The minimum Gasteiger partial charge on any atom is -0.497 e. The highest BCUT2D eigenvalue weighted by atomic mass is 32.2. The Bertz CT molecular complexity index is 1360. The smallest absolute Gasteiger partial charge is 0.268 e. The van der Waals surface area contributed by atoms with Gasteiger partial charge < -0.3 is 14.2 Å². The van der Waals surface area contributed by atoms with Crippen molar-refractivity contribution in [2.24, 2.45) is 0 Å². The summed E-state index contributed by atoms with van der Waals surface area (Å²) in [6, 6.07) is 15.9. The third-order valence-electron chi connectivity index (χ3n) is 4.74. The van der Waals surface area contributed by atoms with Crippen LogP contribution < -0.4 is 19.5 Å². The minimum absolute atomic E-state index is 0.0130. The van der Waals surface area contributed by atoms with Crippen molar-refractivity contribution in [2.45, 2.75) is 24.3 Å². The first kappa shape index (κ1) is 26.7. The molecule has 1 heterocycles. The van der Waals surface area contributed by atoms with E-state index in [0.717, 1.165) is 17.3 Å². The number of sulfone groups is 1. The van der Waals surface area contributed by atoms with Gasteiger partial charge in [-0.2, -0.15) is 14.6 Å². The zero-order chi connectivity index (χ0) is 26.1. The summed E-state index contributed by atoms with van der Waals surface area (Å²) in [4.78, 5) is 16.3. The molecule has 1 N–H and O–H groups in total. The Labute approximate surface area is 213 Å². The van der Waals surface area contributed by atoms with Crippen LogP contribution in [-0.4, -0.2) is 49.3 Å². The number of ether oxygens (including phenoxy) is 3. The highest BCUT2D eigenvalue weighted by Crippen LogP contribution is 2.20. The molecule has 0 fully saturated rings. The number of carbonyl (C=O) groups excluding carboxylic acids is 1. The first-order valence-electron chi connectivity index (χ1n) is 10.7. The van der Waals surface area contributed by atoms with E-state index < -0.39 is 21.0 Å². The van der Waals surface area contributed by atoms with Gasteiger partial charge in [0.25, 0.3) is 11.1 Å². The summed E-state index contributed by atoms with van der Waals surface area (Å²) in [5.41, 5.74) is 0.420. The van der Waals surface area contributed by atoms with E-state index in [1.165, 1.54) is 19.9 Å². The molecule has 2 aromatic carbocycles. The van der Waals surface area contributed by atoms with E-state index in [2.05, 4.69) is 14.7 Å². The largest absolute Gasteiger partial charge is 0.497 e. The molecular weight excluding hydrogens is 504 g/mol. The fourth-order valence-corrected chi connectivity index (χ4v) is 4.41. The fourth-order valence-electron chi connectivity index (χ4n) is 2.72.